The molecule has 2 aromatic rings. The Morgan fingerprint density at radius 3 is 2.61 bits per heavy atom. The van der Waals surface area contributed by atoms with Gasteiger partial charge in [-0.1, -0.05) is 31.2 Å². The Bertz CT molecular complexity index is 519. The number of aryl methyl sites for hydroxylation is 1. The van der Waals surface area contributed by atoms with Gasteiger partial charge >= 0.3 is 0 Å². The van der Waals surface area contributed by atoms with Gasteiger partial charge in [-0.25, -0.2) is 4.98 Å². The number of carbonyl (C=O) groups excluding carboxylic acids is 1. The van der Waals surface area contributed by atoms with Gasteiger partial charge < -0.3 is 5.32 Å². The van der Waals surface area contributed by atoms with Crippen LogP contribution in [0.15, 0.2) is 29.8 Å². The van der Waals surface area contributed by atoms with Crippen molar-refractivity contribution in [2.45, 2.75) is 26.3 Å². The van der Waals surface area contributed by atoms with Gasteiger partial charge in [-0.2, -0.15) is 0 Å². The van der Waals surface area contributed by atoms with Gasteiger partial charge in [0.05, 0.1) is 22.1 Å². The number of nitrogens with one attached hydrogen (secondary N) is 1. The Kier molecular flexibility index (Phi) is 4.10. The van der Waals surface area contributed by atoms with E-state index in [0.29, 0.717) is 0 Å². The summed E-state index contributed by atoms with van der Waals surface area (Å²) in [5.41, 5.74) is 5.24. The largest absolute Gasteiger partial charge is 0.352 e. The summed E-state index contributed by atoms with van der Waals surface area (Å²) in [6.07, 6.45) is 1.65. The standard InChI is InChI=1S/C14H16N2OS/c1-3-13(15-8-17)11-4-6-12(7-5-11)14-10(2)16-9-18-14/h4-9,13H,3H2,1-2H3,(H,15,17). The van der Waals surface area contributed by atoms with Crippen LogP contribution in [0.1, 0.15) is 30.6 Å². The monoisotopic (exact) mass is 260 g/mol. The Morgan fingerprint density at radius 1 is 1.39 bits per heavy atom. The van der Waals surface area contributed by atoms with Crippen LogP contribution in [0.5, 0.6) is 0 Å². The van der Waals surface area contributed by atoms with Crippen molar-refractivity contribution in [2.24, 2.45) is 0 Å². The summed E-state index contributed by atoms with van der Waals surface area (Å²) in [5, 5.41) is 2.82. The second kappa shape index (κ2) is 5.78. The fourth-order valence-electron chi connectivity index (χ4n) is 1.98. The van der Waals surface area contributed by atoms with E-state index in [1.807, 2.05) is 12.4 Å². The van der Waals surface area contributed by atoms with E-state index in [1.165, 1.54) is 10.4 Å². The van der Waals surface area contributed by atoms with Crippen molar-refractivity contribution in [3.8, 4) is 10.4 Å². The minimum atomic E-state index is 0.0964. The molecular weight excluding hydrogens is 244 g/mol. The van der Waals surface area contributed by atoms with Crippen LogP contribution >= 0.6 is 11.3 Å². The van der Waals surface area contributed by atoms with Crippen molar-refractivity contribution in [3.63, 3.8) is 0 Å². The summed E-state index contributed by atoms with van der Waals surface area (Å²) in [7, 11) is 0. The highest BCUT2D eigenvalue weighted by Crippen LogP contribution is 2.28. The lowest BCUT2D eigenvalue weighted by Crippen LogP contribution is -2.18. The topological polar surface area (TPSA) is 42.0 Å². The van der Waals surface area contributed by atoms with E-state index >= 15 is 0 Å². The zero-order valence-corrected chi connectivity index (χ0v) is 11.3. The molecule has 0 aliphatic rings. The minimum Gasteiger partial charge on any atom is -0.352 e. The van der Waals surface area contributed by atoms with Crippen molar-refractivity contribution in [3.05, 3.63) is 41.0 Å². The molecule has 0 aliphatic carbocycles. The normalized spacial score (nSPS) is 12.1. The van der Waals surface area contributed by atoms with E-state index in [0.717, 1.165) is 24.1 Å². The van der Waals surface area contributed by atoms with Crippen LogP contribution in [-0.4, -0.2) is 11.4 Å². The van der Waals surface area contributed by atoms with E-state index in [-0.39, 0.29) is 6.04 Å². The fourth-order valence-corrected chi connectivity index (χ4v) is 2.79. The highest BCUT2D eigenvalue weighted by molar-refractivity contribution is 7.13. The van der Waals surface area contributed by atoms with Crippen LogP contribution in [0.25, 0.3) is 10.4 Å². The second-order valence-corrected chi connectivity index (χ2v) is 4.99. The molecule has 0 spiro atoms. The molecule has 0 radical (unpaired) electrons. The van der Waals surface area contributed by atoms with Crippen molar-refractivity contribution in [1.82, 2.24) is 10.3 Å². The van der Waals surface area contributed by atoms with Gasteiger partial charge in [-0.15, -0.1) is 11.3 Å². The summed E-state index contributed by atoms with van der Waals surface area (Å²) in [6, 6.07) is 8.41. The van der Waals surface area contributed by atoms with Crippen molar-refractivity contribution >= 4 is 17.7 Å². The molecule has 1 amide bonds. The first-order valence-corrected chi connectivity index (χ1v) is 6.84. The quantitative estimate of drug-likeness (QED) is 0.838. The number of hydrogen-bond acceptors (Lipinski definition) is 3. The maximum atomic E-state index is 10.5. The average Bonchev–Trinajstić information content (AvgIpc) is 2.82. The zero-order valence-electron chi connectivity index (χ0n) is 10.5. The van der Waals surface area contributed by atoms with Crippen LogP contribution in [0.3, 0.4) is 0 Å². The van der Waals surface area contributed by atoms with Gasteiger partial charge in [0.1, 0.15) is 0 Å². The average molecular weight is 260 g/mol. The Hall–Kier alpha value is -1.68. The van der Waals surface area contributed by atoms with Gasteiger partial charge in [0.2, 0.25) is 6.41 Å². The molecule has 1 aromatic heterocycles. The van der Waals surface area contributed by atoms with Gasteiger partial charge in [0, 0.05) is 0 Å². The number of nitrogens with zero attached hydrogens (tertiary/aromatic N) is 1. The maximum Gasteiger partial charge on any atom is 0.207 e. The molecule has 1 aromatic carbocycles. The van der Waals surface area contributed by atoms with Gasteiger partial charge in [0.25, 0.3) is 0 Å². The molecule has 1 N–H and O–H groups in total. The summed E-state index contributed by atoms with van der Waals surface area (Å²) < 4.78 is 0. The third-order valence-electron chi connectivity index (χ3n) is 3.00. The maximum absolute atomic E-state index is 10.5. The summed E-state index contributed by atoms with van der Waals surface area (Å²) in [5.74, 6) is 0. The van der Waals surface area contributed by atoms with Gasteiger partial charge in [-0.05, 0) is 24.5 Å². The van der Waals surface area contributed by atoms with E-state index in [4.69, 9.17) is 0 Å². The van der Waals surface area contributed by atoms with Crippen molar-refractivity contribution in [2.75, 3.05) is 0 Å². The molecule has 0 fully saturated rings. The molecule has 0 aliphatic heterocycles. The van der Waals surface area contributed by atoms with Gasteiger partial charge in [0.15, 0.2) is 0 Å². The Morgan fingerprint density at radius 2 is 2.11 bits per heavy atom. The van der Waals surface area contributed by atoms with Crippen LogP contribution in [0, 0.1) is 6.92 Å². The molecule has 0 bridgehead atoms. The minimum absolute atomic E-state index is 0.0964. The molecule has 1 atom stereocenters. The SMILES string of the molecule is CCC(NC=O)c1ccc(-c2scnc2C)cc1. The molecule has 1 unspecified atom stereocenters. The van der Waals surface area contributed by atoms with Crippen LogP contribution in [-0.2, 0) is 4.79 Å². The summed E-state index contributed by atoms with van der Waals surface area (Å²) in [4.78, 5) is 16.0. The van der Waals surface area contributed by atoms with E-state index in [2.05, 4.69) is 41.5 Å². The second-order valence-electron chi connectivity index (χ2n) is 4.13. The third kappa shape index (κ3) is 2.59. The number of hydrogen-bond donors (Lipinski definition) is 1. The Balaban J connectivity index is 2.24. The highest BCUT2D eigenvalue weighted by atomic mass is 32.1. The molecule has 0 saturated heterocycles. The summed E-state index contributed by atoms with van der Waals surface area (Å²) >= 11 is 1.65. The predicted octanol–water partition coefficient (Wildman–Crippen LogP) is 3.32. The lowest BCUT2D eigenvalue weighted by molar-refractivity contribution is -0.110. The van der Waals surface area contributed by atoms with Gasteiger partial charge in [-0.3, -0.25) is 4.79 Å². The molecule has 0 saturated carbocycles. The zero-order chi connectivity index (χ0) is 13.0. The third-order valence-corrected chi connectivity index (χ3v) is 3.98. The first kappa shape index (κ1) is 12.8. The number of aromatic nitrogens is 1. The number of benzene rings is 1. The summed E-state index contributed by atoms with van der Waals surface area (Å²) in [6.45, 7) is 4.07. The molecule has 2 rings (SSSR count). The molecule has 94 valence electrons. The molecule has 3 nitrogen and oxygen atoms in total. The van der Waals surface area contributed by atoms with E-state index in [9.17, 15) is 4.79 Å². The van der Waals surface area contributed by atoms with Crippen LogP contribution < -0.4 is 5.32 Å². The van der Waals surface area contributed by atoms with Crippen LogP contribution in [0.2, 0.25) is 0 Å². The van der Waals surface area contributed by atoms with Crippen molar-refractivity contribution in [1.29, 1.82) is 0 Å². The van der Waals surface area contributed by atoms with Crippen LogP contribution in [0.4, 0.5) is 0 Å². The number of carbonyl (C=O) groups is 1. The van der Waals surface area contributed by atoms with E-state index in [1.54, 1.807) is 11.3 Å². The molecule has 1 heterocycles. The lowest BCUT2D eigenvalue weighted by atomic mass is 10.0. The number of amides is 1. The predicted molar refractivity (Wildman–Crippen MR) is 74.5 cm³/mol. The number of rotatable bonds is 5. The van der Waals surface area contributed by atoms with Crippen molar-refractivity contribution < 1.29 is 4.79 Å². The first-order chi connectivity index (χ1) is 8.76. The molecule has 18 heavy (non-hydrogen) atoms. The fraction of sp³-hybridized carbons (Fsp3) is 0.286. The first-order valence-electron chi connectivity index (χ1n) is 5.96. The highest BCUT2D eigenvalue weighted by Gasteiger charge is 2.09. The molecule has 4 heteroatoms. The Labute approximate surface area is 111 Å². The molecular formula is C14H16N2OS. The number of thiazole rings is 1. The van der Waals surface area contributed by atoms with E-state index < -0.39 is 0 Å². The lowest BCUT2D eigenvalue weighted by Gasteiger charge is -2.14. The smallest absolute Gasteiger partial charge is 0.207 e.